The molecule has 7 nitrogen and oxygen atoms in total. The van der Waals surface area contributed by atoms with Gasteiger partial charge in [-0.1, -0.05) is 46.6 Å². The van der Waals surface area contributed by atoms with E-state index in [9.17, 15) is 4.79 Å². The van der Waals surface area contributed by atoms with Gasteiger partial charge in [-0.3, -0.25) is 9.48 Å². The van der Waals surface area contributed by atoms with E-state index in [1.807, 2.05) is 18.5 Å². The fraction of sp³-hybridized carbons (Fsp3) is 0.240. The largest absolute Gasteiger partial charge is 0.489 e. The van der Waals surface area contributed by atoms with Crippen LogP contribution in [0, 0.1) is 27.7 Å². The zero-order chi connectivity index (χ0) is 23.5. The number of amides is 1. The van der Waals surface area contributed by atoms with Gasteiger partial charge in [-0.15, -0.1) is 0 Å². The number of hydrogen-bond acceptors (Lipinski definition) is 5. The molecular formula is C25H25ClN4O3. The van der Waals surface area contributed by atoms with Crippen LogP contribution in [0.1, 0.15) is 44.3 Å². The van der Waals surface area contributed by atoms with Crippen molar-refractivity contribution in [1.82, 2.24) is 14.9 Å². The summed E-state index contributed by atoms with van der Waals surface area (Å²) in [6.45, 7) is 8.37. The van der Waals surface area contributed by atoms with E-state index in [0.29, 0.717) is 34.3 Å². The Labute approximate surface area is 197 Å². The topological polar surface area (TPSA) is 82.2 Å². The number of nitrogens with one attached hydrogen (secondary N) is 1. The van der Waals surface area contributed by atoms with Crippen molar-refractivity contribution < 1.29 is 14.1 Å². The summed E-state index contributed by atoms with van der Waals surface area (Å²) in [5, 5.41) is 12.1. The summed E-state index contributed by atoms with van der Waals surface area (Å²) >= 11 is 5.92. The van der Waals surface area contributed by atoms with Crippen molar-refractivity contribution in [2.75, 3.05) is 5.32 Å². The molecular weight excluding hydrogens is 440 g/mol. The molecule has 8 heteroatoms. The lowest BCUT2D eigenvalue weighted by Crippen LogP contribution is -2.16. The van der Waals surface area contributed by atoms with Gasteiger partial charge in [0.2, 0.25) is 0 Å². The molecule has 2 heterocycles. The highest BCUT2D eigenvalue weighted by atomic mass is 35.5. The van der Waals surface area contributed by atoms with Gasteiger partial charge in [-0.25, -0.2) is 0 Å². The number of ether oxygens (including phenoxy) is 1. The molecule has 33 heavy (non-hydrogen) atoms. The highest BCUT2D eigenvalue weighted by Gasteiger charge is 2.23. The van der Waals surface area contributed by atoms with Gasteiger partial charge in [0.05, 0.1) is 29.2 Å². The van der Waals surface area contributed by atoms with E-state index in [1.54, 1.807) is 31.2 Å². The fourth-order valence-corrected chi connectivity index (χ4v) is 3.62. The average Bonchev–Trinajstić information content (AvgIpc) is 3.29. The first-order valence-corrected chi connectivity index (χ1v) is 10.9. The summed E-state index contributed by atoms with van der Waals surface area (Å²) in [6, 6.07) is 15.3. The molecule has 0 radical (unpaired) electrons. The maximum absolute atomic E-state index is 13.1. The van der Waals surface area contributed by atoms with Crippen molar-refractivity contribution in [2.24, 2.45) is 0 Å². The Kier molecular flexibility index (Phi) is 6.51. The zero-order valence-electron chi connectivity index (χ0n) is 19.0. The lowest BCUT2D eigenvalue weighted by atomic mass is 10.1. The van der Waals surface area contributed by atoms with Crippen molar-refractivity contribution in [2.45, 2.75) is 40.8 Å². The molecule has 2 aromatic heterocycles. The molecule has 0 bridgehead atoms. The minimum Gasteiger partial charge on any atom is -0.489 e. The van der Waals surface area contributed by atoms with Crippen LogP contribution < -0.4 is 10.1 Å². The summed E-state index contributed by atoms with van der Waals surface area (Å²) in [7, 11) is 0. The Morgan fingerprint density at radius 3 is 2.45 bits per heavy atom. The maximum atomic E-state index is 13.1. The molecule has 4 aromatic rings. The van der Waals surface area contributed by atoms with Crippen LogP contribution in [0.5, 0.6) is 5.75 Å². The van der Waals surface area contributed by atoms with Crippen LogP contribution in [0.15, 0.2) is 53.1 Å². The summed E-state index contributed by atoms with van der Waals surface area (Å²) in [5.41, 5.74) is 5.37. The number of anilines is 1. The Bertz CT molecular complexity index is 1270. The number of aromatic nitrogens is 3. The second kappa shape index (κ2) is 9.50. The van der Waals surface area contributed by atoms with Crippen molar-refractivity contribution in [1.29, 1.82) is 0 Å². The molecule has 1 amide bonds. The Balaban J connectivity index is 1.50. The number of benzene rings is 2. The highest BCUT2D eigenvalue weighted by Crippen LogP contribution is 2.24. The molecule has 0 saturated heterocycles. The number of hydrogen-bond donors (Lipinski definition) is 1. The van der Waals surface area contributed by atoms with E-state index in [1.165, 1.54) is 5.56 Å². The molecule has 0 fully saturated rings. The van der Waals surface area contributed by atoms with Gasteiger partial charge in [0, 0.05) is 5.02 Å². The third-order valence-corrected chi connectivity index (χ3v) is 5.72. The molecule has 0 aliphatic carbocycles. The average molecular weight is 465 g/mol. The van der Waals surface area contributed by atoms with E-state index in [4.69, 9.17) is 20.9 Å². The first-order valence-electron chi connectivity index (χ1n) is 10.6. The van der Waals surface area contributed by atoms with E-state index in [0.717, 1.165) is 17.0 Å². The summed E-state index contributed by atoms with van der Waals surface area (Å²) in [4.78, 5) is 13.1. The first-order chi connectivity index (χ1) is 15.8. The number of rotatable bonds is 7. The SMILES string of the molecule is Cc1ccc(Cn2nc(C)c(NC(=O)c3noc(C)c3COc3ccc(Cl)cc3)c2C)cc1. The van der Waals surface area contributed by atoms with Gasteiger partial charge in [0.1, 0.15) is 18.1 Å². The number of aryl methyl sites for hydroxylation is 3. The number of carbonyl (C=O) groups excluding carboxylic acids is 1. The van der Waals surface area contributed by atoms with Gasteiger partial charge >= 0.3 is 0 Å². The molecule has 0 aliphatic rings. The normalized spacial score (nSPS) is 10.9. The highest BCUT2D eigenvalue weighted by molar-refractivity contribution is 6.30. The lowest BCUT2D eigenvalue weighted by molar-refractivity contribution is 0.101. The third-order valence-electron chi connectivity index (χ3n) is 5.47. The van der Waals surface area contributed by atoms with E-state index in [2.05, 4.69) is 46.8 Å². The molecule has 0 atom stereocenters. The van der Waals surface area contributed by atoms with Crippen LogP contribution >= 0.6 is 11.6 Å². The van der Waals surface area contributed by atoms with Gasteiger partial charge in [0.25, 0.3) is 5.91 Å². The van der Waals surface area contributed by atoms with Gasteiger partial charge in [-0.05, 0) is 57.5 Å². The first kappa shape index (κ1) is 22.6. The van der Waals surface area contributed by atoms with Crippen LogP contribution in [-0.4, -0.2) is 20.8 Å². The van der Waals surface area contributed by atoms with E-state index >= 15 is 0 Å². The van der Waals surface area contributed by atoms with Crippen molar-refractivity contribution in [3.8, 4) is 5.75 Å². The molecule has 1 N–H and O–H groups in total. The van der Waals surface area contributed by atoms with Crippen LogP contribution in [0.25, 0.3) is 0 Å². The molecule has 0 aliphatic heterocycles. The van der Waals surface area contributed by atoms with Crippen molar-refractivity contribution in [3.63, 3.8) is 0 Å². The molecule has 2 aromatic carbocycles. The minimum atomic E-state index is -0.373. The number of halogens is 1. The van der Waals surface area contributed by atoms with Crippen LogP contribution in [0.4, 0.5) is 5.69 Å². The second-order valence-electron chi connectivity index (χ2n) is 7.95. The standard InChI is InChI=1S/C25H25ClN4O3/c1-15-5-7-19(8-6-15)13-30-17(3)23(16(2)28-30)27-25(31)24-22(18(4)33-29-24)14-32-21-11-9-20(26)10-12-21/h5-12H,13-14H2,1-4H3,(H,27,31). The monoisotopic (exact) mass is 464 g/mol. The predicted molar refractivity (Wildman–Crippen MR) is 127 cm³/mol. The summed E-state index contributed by atoms with van der Waals surface area (Å²) in [5.74, 6) is 0.788. The van der Waals surface area contributed by atoms with Crippen LogP contribution in [0.2, 0.25) is 5.02 Å². The number of nitrogens with zero attached hydrogens (tertiary/aromatic N) is 3. The van der Waals surface area contributed by atoms with E-state index < -0.39 is 0 Å². The summed E-state index contributed by atoms with van der Waals surface area (Å²) < 4.78 is 13.0. The zero-order valence-corrected chi connectivity index (χ0v) is 19.7. The molecule has 0 unspecified atom stereocenters. The van der Waals surface area contributed by atoms with Crippen molar-refractivity contribution >= 4 is 23.2 Å². The summed E-state index contributed by atoms with van der Waals surface area (Å²) in [6.07, 6.45) is 0. The Morgan fingerprint density at radius 1 is 1.06 bits per heavy atom. The lowest BCUT2D eigenvalue weighted by Gasteiger charge is -2.08. The third kappa shape index (κ3) is 5.09. The fourth-order valence-electron chi connectivity index (χ4n) is 3.50. The molecule has 4 rings (SSSR count). The number of carbonyl (C=O) groups is 1. The van der Waals surface area contributed by atoms with E-state index in [-0.39, 0.29) is 18.2 Å². The molecule has 0 spiro atoms. The smallest absolute Gasteiger partial charge is 0.278 e. The quantitative estimate of drug-likeness (QED) is 0.383. The van der Waals surface area contributed by atoms with Crippen LogP contribution in [0.3, 0.4) is 0 Å². The van der Waals surface area contributed by atoms with Crippen molar-refractivity contribution in [3.05, 3.63) is 93.1 Å². The Hall–Kier alpha value is -3.58. The van der Waals surface area contributed by atoms with Gasteiger partial charge in [-0.2, -0.15) is 5.10 Å². The van der Waals surface area contributed by atoms with Crippen LogP contribution in [-0.2, 0) is 13.2 Å². The molecule has 0 saturated carbocycles. The molecule has 170 valence electrons. The van der Waals surface area contributed by atoms with Gasteiger partial charge < -0.3 is 14.6 Å². The Morgan fingerprint density at radius 2 is 1.76 bits per heavy atom. The second-order valence-corrected chi connectivity index (χ2v) is 8.39. The van der Waals surface area contributed by atoms with Gasteiger partial charge in [0.15, 0.2) is 5.69 Å². The minimum absolute atomic E-state index is 0.143. The predicted octanol–water partition coefficient (Wildman–Crippen LogP) is 5.64. The maximum Gasteiger partial charge on any atom is 0.278 e.